The number of esters is 1. The van der Waals surface area contributed by atoms with Crippen LogP contribution in [0.25, 0.3) is 11.0 Å². The molecule has 2 N–H and O–H groups in total. The topological polar surface area (TPSA) is 70.1 Å². The van der Waals surface area contributed by atoms with Crippen LogP contribution in [0.4, 0.5) is 5.69 Å². The number of imidazole rings is 1. The average molecular weight is 295 g/mol. The average Bonchev–Trinajstić information content (AvgIpc) is 2.84. The van der Waals surface area contributed by atoms with E-state index in [9.17, 15) is 4.79 Å². The van der Waals surface area contributed by atoms with Gasteiger partial charge in [-0.15, -0.1) is 0 Å². The first-order valence-electron chi connectivity index (χ1n) is 7.06. The number of carbonyl (C=O) groups excluding carboxylic acids is 1. The molecule has 3 rings (SSSR count). The second-order valence-corrected chi connectivity index (χ2v) is 5.11. The number of para-hydroxylation sites is 1. The van der Waals surface area contributed by atoms with E-state index in [1.54, 1.807) is 6.07 Å². The van der Waals surface area contributed by atoms with Crippen LogP contribution in [0.2, 0.25) is 0 Å². The zero-order chi connectivity index (χ0) is 15.5. The van der Waals surface area contributed by atoms with E-state index in [4.69, 9.17) is 10.5 Å². The highest BCUT2D eigenvalue weighted by atomic mass is 16.5. The van der Waals surface area contributed by atoms with Gasteiger partial charge in [-0.05, 0) is 24.6 Å². The van der Waals surface area contributed by atoms with Gasteiger partial charge in [0.1, 0.15) is 24.5 Å². The number of benzene rings is 2. The van der Waals surface area contributed by atoms with Gasteiger partial charge in [-0.3, -0.25) is 4.79 Å². The number of aryl methyl sites for hydroxylation is 1. The Labute approximate surface area is 128 Å². The predicted octanol–water partition coefficient (Wildman–Crippen LogP) is 2.67. The molecule has 1 heterocycles. The molecule has 0 fully saturated rings. The number of hydrogen-bond acceptors (Lipinski definition) is 4. The molecule has 0 unspecified atom stereocenters. The highest BCUT2D eigenvalue weighted by Crippen LogP contribution is 2.21. The Bertz CT molecular complexity index is 809. The van der Waals surface area contributed by atoms with Crippen LogP contribution in [0, 0.1) is 6.92 Å². The Morgan fingerprint density at radius 2 is 1.95 bits per heavy atom. The minimum absolute atomic E-state index is 0.124. The van der Waals surface area contributed by atoms with E-state index in [-0.39, 0.29) is 19.1 Å². The number of carbonyl (C=O) groups is 1. The minimum Gasteiger partial charge on any atom is -0.459 e. The van der Waals surface area contributed by atoms with Crippen molar-refractivity contribution < 1.29 is 9.53 Å². The van der Waals surface area contributed by atoms with E-state index < -0.39 is 0 Å². The Balaban J connectivity index is 1.74. The molecule has 0 aliphatic carbocycles. The summed E-state index contributed by atoms with van der Waals surface area (Å²) in [4.78, 5) is 16.5. The zero-order valence-electron chi connectivity index (χ0n) is 12.3. The molecule has 0 saturated carbocycles. The first-order chi connectivity index (χ1) is 10.6. The van der Waals surface area contributed by atoms with E-state index >= 15 is 0 Å². The van der Waals surface area contributed by atoms with Crippen molar-refractivity contribution in [3.05, 3.63) is 59.9 Å². The quantitative estimate of drug-likeness (QED) is 0.593. The molecule has 22 heavy (non-hydrogen) atoms. The maximum Gasteiger partial charge on any atom is 0.326 e. The highest BCUT2D eigenvalue weighted by molar-refractivity contribution is 5.88. The molecule has 5 heteroatoms. The SMILES string of the molecule is Cc1nc2c(N)cccc2n1CC(=O)OCc1ccccc1. The summed E-state index contributed by atoms with van der Waals surface area (Å²) in [5.74, 6) is 0.443. The Kier molecular flexibility index (Phi) is 3.78. The van der Waals surface area contributed by atoms with Gasteiger partial charge in [-0.1, -0.05) is 36.4 Å². The summed E-state index contributed by atoms with van der Waals surface area (Å²) >= 11 is 0. The van der Waals surface area contributed by atoms with Crippen LogP contribution in [0.15, 0.2) is 48.5 Å². The number of nitrogen functional groups attached to an aromatic ring is 1. The second kappa shape index (κ2) is 5.89. The van der Waals surface area contributed by atoms with Crippen molar-refractivity contribution in [3.63, 3.8) is 0 Å². The first-order valence-corrected chi connectivity index (χ1v) is 7.06. The van der Waals surface area contributed by atoms with E-state index in [2.05, 4.69) is 4.98 Å². The Morgan fingerprint density at radius 3 is 2.73 bits per heavy atom. The predicted molar refractivity (Wildman–Crippen MR) is 85.1 cm³/mol. The fourth-order valence-electron chi connectivity index (χ4n) is 2.40. The molecule has 112 valence electrons. The van der Waals surface area contributed by atoms with Gasteiger partial charge in [-0.25, -0.2) is 4.98 Å². The standard InChI is InChI=1S/C17H17N3O2/c1-12-19-17-14(18)8-5-9-15(17)20(12)10-16(21)22-11-13-6-3-2-4-7-13/h2-9H,10-11,18H2,1H3. The van der Waals surface area contributed by atoms with Crippen molar-refractivity contribution in [2.24, 2.45) is 0 Å². The number of ether oxygens (including phenoxy) is 1. The van der Waals surface area contributed by atoms with Crippen LogP contribution >= 0.6 is 0 Å². The first kappa shape index (κ1) is 14.1. The molecule has 3 aromatic rings. The monoisotopic (exact) mass is 295 g/mol. The molecule has 0 saturated heterocycles. The van der Waals surface area contributed by atoms with Crippen LogP contribution in [0.3, 0.4) is 0 Å². The van der Waals surface area contributed by atoms with Crippen LogP contribution in [-0.4, -0.2) is 15.5 Å². The number of fused-ring (bicyclic) bond motifs is 1. The molecule has 0 atom stereocenters. The number of aromatic nitrogens is 2. The third-order valence-electron chi connectivity index (χ3n) is 3.53. The highest BCUT2D eigenvalue weighted by Gasteiger charge is 2.13. The lowest BCUT2D eigenvalue weighted by Crippen LogP contribution is -2.14. The van der Waals surface area contributed by atoms with Crippen LogP contribution in [0.1, 0.15) is 11.4 Å². The summed E-state index contributed by atoms with van der Waals surface area (Å²) in [5, 5.41) is 0. The molecular formula is C17H17N3O2. The van der Waals surface area contributed by atoms with Crippen molar-refractivity contribution in [2.75, 3.05) is 5.73 Å². The van der Waals surface area contributed by atoms with Gasteiger partial charge in [0.2, 0.25) is 0 Å². The molecule has 5 nitrogen and oxygen atoms in total. The fourth-order valence-corrected chi connectivity index (χ4v) is 2.40. The van der Waals surface area contributed by atoms with Crippen molar-refractivity contribution in [2.45, 2.75) is 20.1 Å². The van der Waals surface area contributed by atoms with Crippen LogP contribution in [0.5, 0.6) is 0 Å². The number of hydrogen-bond donors (Lipinski definition) is 1. The van der Waals surface area contributed by atoms with Gasteiger partial charge in [-0.2, -0.15) is 0 Å². The number of anilines is 1. The third kappa shape index (κ3) is 2.79. The fraction of sp³-hybridized carbons (Fsp3) is 0.176. The minimum atomic E-state index is -0.298. The van der Waals surface area contributed by atoms with Gasteiger partial charge in [0.15, 0.2) is 0 Å². The second-order valence-electron chi connectivity index (χ2n) is 5.11. The lowest BCUT2D eigenvalue weighted by atomic mass is 10.2. The van der Waals surface area contributed by atoms with Crippen molar-refractivity contribution in [3.8, 4) is 0 Å². The summed E-state index contributed by atoms with van der Waals surface area (Å²) in [6.45, 7) is 2.25. The molecule has 0 spiro atoms. The maximum atomic E-state index is 12.1. The van der Waals surface area contributed by atoms with Crippen molar-refractivity contribution in [1.82, 2.24) is 9.55 Å². The number of rotatable bonds is 4. The van der Waals surface area contributed by atoms with E-state index in [0.717, 1.165) is 22.4 Å². The van der Waals surface area contributed by atoms with E-state index in [0.29, 0.717) is 5.69 Å². The molecule has 0 aliphatic rings. The van der Waals surface area contributed by atoms with Gasteiger partial charge in [0.25, 0.3) is 0 Å². The summed E-state index contributed by atoms with van der Waals surface area (Å²) in [6.07, 6.45) is 0. The summed E-state index contributed by atoms with van der Waals surface area (Å²) < 4.78 is 7.14. The van der Waals surface area contributed by atoms with Gasteiger partial charge in [0.05, 0.1) is 11.2 Å². The molecule has 0 bridgehead atoms. The lowest BCUT2D eigenvalue weighted by molar-refractivity contribution is -0.145. The summed E-state index contributed by atoms with van der Waals surface area (Å²) in [5.41, 5.74) is 9.05. The Morgan fingerprint density at radius 1 is 1.18 bits per heavy atom. The largest absolute Gasteiger partial charge is 0.459 e. The summed E-state index contributed by atoms with van der Waals surface area (Å²) in [6, 6.07) is 15.2. The molecule has 0 aliphatic heterocycles. The van der Waals surface area contributed by atoms with E-state index in [1.807, 2.05) is 54.0 Å². The Hall–Kier alpha value is -2.82. The normalized spacial score (nSPS) is 10.8. The number of nitrogens with two attached hydrogens (primary N) is 1. The molecule has 1 aromatic heterocycles. The molecule has 2 aromatic carbocycles. The molecular weight excluding hydrogens is 278 g/mol. The van der Waals surface area contributed by atoms with Crippen molar-refractivity contribution >= 4 is 22.7 Å². The third-order valence-corrected chi connectivity index (χ3v) is 3.53. The molecule has 0 amide bonds. The van der Waals surface area contributed by atoms with Crippen LogP contribution in [-0.2, 0) is 22.7 Å². The lowest BCUT2D eigenvalue weighted by Gasteiger charge is -2.08. The smallest absolute Gasteiger partial charge is 0.326 e. The van der Waals surface area contributed by atoms with Gasteiger partial charge < -0.3 is 15.0 Å². The molecule has 0 radical (unpaired) electrons. The zero-order valence-corrected chi connectivity index (χ0v) is 12.3. The van der Waals surface area contributed by atoms with Crippen molar-refractivity contribution in [1.29, 1.82) is 0 Å². The van der Waals surface area contributed by atoms with E-state index in [1.165, 1.54) is 0 Å². The van der Waals surface area contributed by atoms with Gasteiger partial charge in [0, 0.05) is 0 Å². The summed E-state index contributed by atoms with van der Waals surface area (Å²) in [7, 11) is 0. The van der Waals surface area contributed by atoms with Crippen LogP contribution < -0.4 is 5.73 Å². The maximum absolute atomic E-state index is 12.1. The van der Waals surface area contributed by atoms with Gasteiger partial charge >= 0.3 is 5.97 Å². The number of nitrogens with zero attached hydrogens (tertiary/aromatic N) is 2.